The zero-order valence-electron chi connectivity index (χ0n) is 8.65. The van der Waals surface area contributed by atoms with Gasteiger partial charge in [0.15, 0.2) is 0 Å². The molecule has 17 heavy (non-hydrogen) atoms. The monoisotopic (exact) mass is 616 g/mol. The van der Waals surface area contributed by atoms with E-state index < -0.39 is 0 Å². The van der Waals surface area contributed by atoms with Crippen molar-refractivity contribution in [3.05, 3.63) is 34.9 Å². The molecule has 0 saturated carbocycles. The van der Waals surface area contributed by atoms with Crippen LogP contribution in [0.25, 0.3) is 0 Å². The molecule has 0 unspecified atom stereocenters. The summed E-state index contributed by atoms with van der Waals surface area (Å²) in [7, 11) is 0. The molecule has 6 heteroatoms. The van der Waals surface area contributed by atoms with Gasteiger partial charge in [0.25, 0.3) is 0 Å². The number of rotatable bonds is 5. The highest BCUT2D eigenvalue weighted by Gasteiger charge is 2.14. The first kappa shape index (κ1) is 17.2. The van der Waals surface area contributed by atoms with Crippen LogP contribution in [0.15, 0.2) is 18.2 Å². The van der Waals surface area contributed by atoms with Gasteiger partial charge >= 0.3 is 0 Å². The fraction of sp³-hybridized carbons (Fsp3) is 0.455. The van der Waals surface area contributed by atoms with Gasteiger partial charge in [-0.05, 0) is 29.5 Å². The molecule has 0 saturated heterocycles. The van der Waals surface area contributed by atoms with Crippen molar-refractivity contribution >= 4 is 95.6 Å². The van der Waals surface area contributed by atoms with Crippen LogP contribution in [0.5, 0.6) is 0 Å². The van der Waals surface area contributed by atoms with E-state index in [1.165, 1.54) is 16.7 Å². The zero-order valence-corrected chi connectivity index (χ0v) is 18.2. The highest BCUT2D eigenvalue weighted by Crippen LogP contribution is 2.40. The van der Waals surface area contributed by atoms with E-state index in [-0.39, 0.29) is 7.47 Å². The summed E-state index contributed by atoms with van der Waals surface area (Å²) < 4.78 is 0.727. The molecule has 0 amide bonds. The first-order chi connectivity index (χ1) is 7.91. The molecule has 0 aliphatic heterocycles. The highest BCUT2D eigenvalue weighted by molar-refractivity contribution is 9.25. The average Bonchev–Trinajstić information content (AvgIpc) is 2.25. The number of hydrogen-bond donors (Lipinski definition) is 0. The molecule has 0 bridgehead atoms. The number of aryl methyl sites for hydroxylation is 1. The second-order valence-corrected chi connectivity index (χ2v) is 13.1. The van der Waals surface area contributed by atoms with Crippen LogP contribution < -0.4 is 0 Å². The van der Waals surface area contributed by atoms with Gasteiger partial charge in [-0.25, -0.2) is 0 Å². The Balaban J connectivity index is 2.93. The third kappa shape index (κ3) is 5.94. The largest absolute Gasteiger partial charge is 0.0949 e. The summed E-state index contributed by atoms with van der Waals surface area (Å²) in [6.07, 6.45) is 2.12. The number of hydrogen-bond acceptors (Lipinski definition) is 0. The second-order valence-electron chi connectivity index (χ2n) is 3.49. The predicted octanol–water partition coefficient (Wildman–Crippen LogP) is 7.31. The van der Waals surface area contributed by atoms with Crippen molar-refractivity contribution in [1.82, 2.24) is 0 Å². The minimum absolute atomic E-state index is 0.172. The fourth-order valence-electron chi connectivity index (χ4n) is 1.44. The number of benzene rings is 1. The van der Waals surface area contributed by atoms with Crippen molar-refractivity contribution in [2.45, 2.75) is 24.1 Å². The van der Waals surface area contributed by atoms with Crippen molar-refractivity contribution in [2.75, 3.05) is 0 Å². The molecule has 0 radical (unpaired) electrons. The molecule has 0 nitrogen and oxygen atoms in total. The van der Waals surface area contributed by atoms with Crippen LogP contribution >= 0.6 is 95.6 Å². The van der Waals surface area contributed by atoms with Gasteiger partial charge in [0.1, 0.15) is 0 Å². The standard InChI is InChI=1S/C11H10Br6/c12-9(13)4-2-6-1-3-7(10(14)15)8(5-6)11(16)17/h1,3,5,9-11H,2,4H2. The van der Waals surface area contributed by atoms with Crippen molar-refractivity contribution in [3.8, 4) is 0 Å². The summed E-state index contributed by atoms with van der Waals surface area (Å²) in [5, 5.41) is 0. The summed E-state index contributed by atoms with van der Waals surface area (Å²) in [6.45, 7) is 0. The third-order valence-electron chi connectivity index (χ3n) is 2.27. The van der Waals surface area contributed by atoms with E-state index in [2.05, 4.69) is 114 Å². The molecule has 0 fully saturated rings. The summed E-state index contributed by atoms with van der Waals surface area (Å²) in [4.78, 5) is 0. The molecule has 0 spiro atoms. The summed E-state index contributed by atoms with van der Waals surface area (Å²) in [5.41, 5.74) is 3.83. The molecule has 0 aliphatic carbocycles. The molecule has 1 aromatic carbocycles. The molecule has 1 aromatic rings. The predicted molar refractivity (Wildman–Crippen MR) is 97.6 cm³/mol. The van der Waals surface area contributed by atoms with Gasteiger partial charge in [-0.1, -0.05) is 114 Å². The maximum atomic E-state index is 3.57. The summed E-state index contributed by atoms with van der Waals surface area (Å²) >= 11 is 21.2. The van der Waals surface area contributed by atoms with Crippen LogP contribution in [0.1, 0.15) is 30.6 Å². The molecule has 1 rings (SSSR count). The third-order valence-corrected chi connectivity index (χ3v) is 5.16. The average molecular weight is 622 g/mol. The van der Waals surface area contributed by atoms with Crippen LogP contribution in [0.4, 0.5) is 0 Å². The Morgan fingerprint density at radius 3 is 1.88 bits per heavy atom. The second kappa shape index (κ2) is 8.40. The normalized spacial score (nSPS) is 11.8. The van der Waals surface area contributed by atoms with E-state index in [1.807, 2.05) is 0 Å². The maximum absolute atomic E-state index is 3.57. The lowest BCUT2D eigenvalue weighted by atomic mass is 10.0. The smallest absolute Gasteiger partial charge is 0.0765 e. The van der Waals surface area contributed by atoms with E-state index >= 15 is 0 Å². The molecule has 0 aromatic heterocycles. The molecule has 0 atom stereocenters. The van der Waals surface area contributed by atoms with Crippen molar-refractivity contribution in [3.63, 3.8) is 0 Å². The van der Waals surface area contributed by atoms with Crippen LogP contribution in [0.2, 0.25) is 0 Å². The Morgan fingerprint density at radius 1 is 0.824 bits per heavy atom. The summed E-state index contributed by atoms with van der Waals surface area (Å²) in [6, 6.07) is 6.58. The van der Waals surface area contributed by atoms with Crippen molar-refractivity contribution in [1.29, 1.82) is 0 Å². The van der Waals surface area contributed by atoms with Gasteiger partial charge in [-0.3, -0.25) is 0 Å². The van der Waals surface area contributed by atoms with Gasteiger partial charge in [0.05, 0.1) is 11.2 Å². The number of alkyl halides is 6. The SMILES string of the molecule is BrC(Br)CCc1ccc(C(Br)Br)c(C(Br)Br)c1. The van der Waals surface area contributed by atoms with E-state index in [0.717, 1.165) is 12.8 Å². The Labute approximate surface area is 152 Å². The first-order valence-corrected chi connectivity index (χ1v) is 10.4. The minimum Gasteiger partial charge on any atom is -0.0765 e. The van der Waals surface area contributed by atoms with Crippen LogP contribution in [-0.2, 0) is 6.42 Å². The van der Waals surface area contributed by atoms with Gasteiger partial charge < -0.3 is 0 Å². The van der Waals surface area contributed by atoms with Crippen LogP contribution in [0.3, 0.4) is 0 Å². The Morgan fingerprint density at radius 2 is 1.41 bits per heavy atom. The first-order valence-electron chi connectivity index (χ1n) is 4.89. The fourth-order valence-corrected chi connectivity index (χ4v) is 3.53. The van der Waals surface area contributed by atoms with Gasteiger partial charge in [-0.15, -0.1) is 0 Å². The van der Waals surface area contributed by atoms with Crippen molar-refractivity contribution in [2.24, 2.45) is 0 Å². The summed E-state index contributed by atoms with van der Waals surface area (Å²) in [5.74, 6) is 0. The highest BCUT2D eigenvalue weighted by atomic mass is 79.9. The Hall–Kier alpha value is 2.10. The van der Waals surface area contributed by atoms with E-state index in [1.54, 1.807) is 0 Å². The lowest BCUT2D eigenvalue weighted by Gasteiger charge is -2.14. The molecular formula is C11H10Br6. The van der Waals surface area contributed by atoms with Gasteiger partial charge in [-0.2, -0.15) is 0 Å². The van der Waals surface area contributed by atoms with E-state index in [9.17, 15) is 0 Å². The lowest BCUT2D eigenvalue weighted by molar-refractivity contribution is 0.915. The minimum atomic E-state index is 0.172. The lowest BCUT2D eigenvalue weighted by Crippen LogP contribution is -1.97. The van der Waals surface area contributed by atoms with Gasteiger partial charge in [0, 0.05) is 0 Å². The molecule has 0 N–H and O–H groups in total. The Kier molecular flexibility index (Phi) is 8.48. The molecular weight excluding hydrogens is 612 g/mol. The van der Waals surface area contributed by atoms with Crippen molar-refractivity contribution < 1.29 is 0 Å². The maximum Gasteiger partial charge on any atom is 0.0949 e. The zero-order chi connectivity index (χ0) is 13.0. The molecule has 96 valence electrons. The molecule has 0 heterocycles. The number of halogens is 6. The van der Waals surface area contributed by atoms with E-state index in [4.69, 9.17) is 0 Å². The van der Waals surface area contributed by atoms with Crippen LogP contribution in [0, 0.1) is 0 Å². The quantitative estimate of drug-likeness (QED) is 0.303. The topological polar surface area (TPSA) is 0 Å². The van der Waals surface area contributed by atoms with Gasteiger partial charge in [0.2, 0.25) is 0 Å². The molecule has 0 aliphatic rings. The van der Waals surface area contributed by atoms with E-state index in [0.29, 0.717) is 3.74 Å². The van der Waals surface area contributed by atoms with Crippen LogP contribution in [-0.4, -0.2) is 3.74 Å². The Bertz CT molecular complexity index is 361.